The topological polar surface area (TPSA) is 85.0 Å². The maximum atomic E-state index is 12.6. The quantitative estimate of drug-likeness (QED) is 0.191. The number of rotatable bonds is 7. The Morgan fingerprint density at radius 3 is 2.45 bits per heavy atom. The van der Waals surface area contributed by atoms with Crippen LogP contribution in [-0.4, -0.2) is 44.2 Å². The molecule has 3 aromatic carbocycles. The molecule has 5 rings (SSSR count). The summed E-state index contributed by atoms with van der Waals surface area (Å²) >= 11 is 1.35. The molecule has 40 heavy (non-hydrogen) atoms. The average Bonchev–Trinajstić information content (AvgIpc) is 3.56. The standard InChI is InChI=1S/C28H23F3N6O2S/c1-18(2)23-5-3-4-6-24(23)37-25(38)16-40-27(37)34-33-15-19-7-9-20(10-8-19)26-32-17-36(35-26)21-11-13-22(14-12-21)39-28(29,30)31/h3-15,17-18H,16H2,1-2H3/b33-15+,34-27-. The summed E-state index contributed by atoms with van der Waals surface area (Å²) in [5, 5.41) is 13.5. The number of amidine groups is 1. The van der Waals surface area contributed by atoms with Gasteiger partial charge in [0, 0.05) is 5.56 Å². The molecule has 1 fully saturated rings. The summed E-state index contributed by atoms with van der Waals surface area (Å²) in [6.45, 7) is 4.17. The third-order valence-corrected chi connectivity index (χ3v) is 6.82. The third kappa shape index (κ3) is 6.23. The second-order valence-electron chi connectivity index (χ2n) is 9.03. The van der Waals surface area contributed by atoms with Crippen LogP contribution in [0.15, 0.2) is 89.3 Å². The normalized spacial score (nSPS) is 15.1. The van der Waals surface area contributed by atoms with E-state index in [-0.39, 0.29) is 17.6 Å². The highest BCUT2D eigenvalue weighted by molar-refractivity contribution is 8.15. The minimum absolute atomic E-state index is 0.0334. The van der Waals surface area contributed by atoms with Crippen LogP contribution in [0.3, 0.4) is 0 Å². The number of anilines is 1. The number of thioether (sulfide) groups is 1. The maximum absolute atomic E-state index is 12.6. The molecule has 0 saturated carbocycles. The van der Waals surface area contributed by atoms with Crippen molar-refractivity contribution >= 4 is 34.7 Å². The number of amides is 1. The van der Waals surface area contributed by atoms with E-state index in [2.05, 4.69) is 38.9 Å². The lowest BCUT2D eigenvalue weighted by molar-refractivity contribution is -0.274. The van der Waals surface area contributed by atoms with Gasteiger partial charge in [-0.3, -0.25) is 9.69 Å². The highest BCUT2D eigenvalue weighted by atomic mass is 32.2. The van der Waals surface area contributed by atoms with Crippen LogP contribution in [0.25, 0.3) is 17.1 Å². The molecule has 1 aliphatic rings. The fraction of sp³-hybridized carbons (Fsp3) is 0.179. The van der Waals surface area contributed by atoms with Crippen LogP contribution in [0.4, 0.5) is 18.9 Å². The predicted molar refractivity (Wildman–Crippen MR) is 149 cm³/mol. The zero-order valence-electron chi connectivity index (χ0n) is 21.4. The molecule has 2 heterocycles. The monoisotopic (exact) mass is 564 g/mol. The van der Waals surface area contributed by atoms with E-state index in [0.29, 0.717) is 22.4 Å². The van der Waals surface area contributed by atoms with Gasteiger partial charge in [0.15, 0.2) is 11.0 Å². The Morgan fingerprint density at radius 1 is 1.02 bits per heavy atom. The van der Waals surface area contributed by atoms with Crippen molar-refractivity contribution < 1.29 is 22.7 Å². The van der Waals surface area contributed by atoms with E-state index in [4.69, 9.17) is 0 Å². The molecule has 8 nitrogen and oxygen atoms in total. The third-order valence-electron chi connectivity index (χ3n) is 5.91. The lowest BCUT2D eigenvalue weighted by Gasteiger charge is -2.20. The first-order valence-corrected chi connectivity index (χ1v) is 13.2. The summed E-state index contributed by atoms with van der Waals surface area (Å²) in [7, 11) is 0. The number of benzene rings is 3. The molecular formula is C28H23F3N6O2S. The number of hydrogen-bond donors (Lipinski definition) is 0. The Morgan fingerprint density at radius 2 is 1.75 bits per heavy atom. The van der Waals surface area contributed by atoms with E-state index in [0.717, 1.165) is 22.4 Å². The Hall–Kier alpha value is -4.45. The van der Waals surface area contributed by atoms with Gasteiger partial charge in [-0.05, 0) is 47.4 Å². The van der Waals surface area contributed by atoms with Crippen molar-refractivity contribution in [2.24, 2.45) is 10.2 Å². The van der Waals surface area contributed by atoms with Gasteiger partial charge in [0.25, 0.3) is 0 Å². The van der Waals surface area contributed by atoms with E-state index >= 15 is 0 Å². The molecule has 1 aliphatic heterocycles. The Kier molecular flexibility index (Phi) is 7.69. The molecule has 0 spiro atoms. The highest BCUT2D eigenvalue weighted by Crippen LogP contribution is 2.33. The van der Waals surface area contributed by atoms with Crippen LogP contribution in [0.2, 0.25) is 0 Å². The number of hydrogen-bond acceptors (Lipinski definition) is 7. The van der Waals surface area contributed by atoms with Crippen molar-refractivity contribution in [2.45, 2.75) is 26.1 Å². The van der Waals surface area contributed by atoms with Crippen molar-refractivity contribution in [1.29, 1.82) is 0 Å². The zero-order valence-corrected chi connectivity index (χ0v) is 22.2. The van der Waals surface area contributed by atoms with Crippen LogP contribution in [0.5, 0.6) is 5.75 Å². The molecular weight excluding hydrogens is 541 g/mol. The second-order valence-corrected chi connectivity index (χ2v) is 9.98. The molecule has 0 radical (unpaired) electrons. The van der Waals surface area contributed by atoms with E-state index in [9.17, 15) is 18.0 Å². The number of alkyl halides is 3. The van der Waals surface area contributed by atoms with Gasteiger partial charge in [-0.2, -0.15) is 5.10 Å². The van der Waals surface area contributed by atoms with E-state index in [1.807, 2.05) is 48.5 Å². The van der Waals surface area contributed by atoms with Gasteiger partial charge in [0.05, 0.1) is 23.3 Å². The fourth-order valence-corrected chi connectivity index (χ4v) is 4.85. The number of para-hydroxylation sites is 1. The van der Waals surface area contributed by atoms with Gasteiger partial charge in [-0.25, -0.2) is 9.67 Å². The van der Waals surface area contributed by atoms with Crippen molar-refractivity contribution in [2.75, 3.05) is 10.7 Å². The van der Waals surface area contributed by atoms with E-state index in [1.165, 1.54) is 47.0 Å². The molecule has 0 bridgehead atoms. The molecule has 4 aromatic rings. The molecule has 12 heteroatoms. The number of halogens is 3. The van der Waals surface area contributed by atoms with Crippen molar-refractivity contribution in [3.8, 4) is 22.8 Å². The lowest BCUT2D eigenvalue weighted by Crippen LogP contribution is -2.30. The molecule has 0 unspecified atom stereocenters. The number of nitrogens with zero attached hydrogens (tertiary/aromatic N) is 6. The number of carbonyl (C=O) groups is 1. The molecule has 0 aliphatic carbocycles. The molecule has 1 amide bonds. The summed E-state index contributed by atoms with van der Waals surface area (Å²) in [6, 6.07) is 20.5. The van der Waals surface area contributed by atoms with Gasteiger partial charge in [0.2, 0.25) is 5.91 Å². The van der Waals surface area contributed by atoms with Crippen molar-refractivity contribution in [3.63, 3.8) is 0 Å². The van der Waals surface area contributed by atoms with Gasteiger partial charge in [-0.1, -0.05) is 68.1 Å². The molecule has 1 saturated heterocycles. The Bertz CT molecular complexity index is 1560. The number of aromatic nitrogens is 3. The smallest absolute Gasteiger partial charge is 0.406 e. The summed E-state index contributed by atoms with van der Waals surface area (Å²) in [6.07, 6.45) is -1.67. The first-order valence-electron chi connectivity index (χ1n) is 12.2. The zero-order chi connectivity index (χ0) is 28.3. The molecule has 0 atom stereocenters. The maximum Gasteiger partial charge on any atom is 0.573 e. The second kappa shape index (κ2) is 11.3. The van der Waals surface area contributed by atoms with E-state index in [1.54, 1.807) is 11.1 Å². The fourth-order valence-electron chi connectivity index (χ4n) is 4.04. The van der Waals surface area contributed by atoms with Crippen molar-refractivity contribution in [3.05, 3.63) is 90.3 Å². The average molecular weight is 565 g/mol. The largest absolute Gasteiger partial charge is 0.573 e. The van der Waals surface area contributed by atoms with Gasteiger partial charge in [-0.15, -0.1) is 23.4 Å². The van der Waals surface area contributed by atoms with Gasteiger partial charge >= 0.3 is 6.36 Å². The summed E-state index contributed by atoms with van der Waals surface area (Å²) in [5.41, 5.74) is 3.95. The molecule has 204 valence electrons. The number of carbonyl (C=O) groups excluding carboxylic acids is 1. The predicted octanol–water partition coefficient (Wildman–Crippen LogP) is 6.43. The first-order chi connectivity index (χ1) is 19.2. The SMILES string of the molecule is CC(C)c1ccccc1N1C(=O)CS/C1=N\N=C\c1ccc(-c2ncn(-c3ccc(OC(F)(F)F)cc3)n2)cc1. The highest BCUT2D eigenvalue weighted by Gasteiger charge is 2.32. The first kappa shape index (κ1) is 27.1. The molecule has 1 aromatic heterocycles. The van der Waals surface area contributed by atoms with Crippen LogP contribution in [0, 0.1) is 0 Å². The van der Waals surface area contributed by atoms with E-state index < -0.39 is 6.36 Å². The minimum Gasteiger partial charge on any atom is -0.406 e. The Labute approximate surface area is 232 Å². The summed E-state index contributed by atoms with van der Waals surface area (Å²) in [4.78, 5) is 18.6. The van der Waals surface area contributed by atoms with Crippen LogP contribution >= 0.6 is 11.8 Å². The summed E-state index contributed by atoms with van der Waals surface area (Å²) < 4.78 is 42.5. The Balaban J connectivity index is 1.27. The van der Waals surface area contributed by atoms with Crippen LogP contribution in [0.1, 0.15) is 30.9 Å². The lowest BCUT2D eigenvalue weighted by atomic mass is 10.0. The summed E-state index contributed by atoms with van der Waals surface area (Å²) in [5.74, 6) is 0.650. The van der Waals surface area contributed by atoms with Gasteiger partial charge < -0.3 is 4.74 Å². The van der Waals surface area contributed by atoms with Crippen LogP contribution in [-0.2, 0) is 4.79 Å². The molecule has 0 N–H and O–H groups in total. The van der Waals surface area contributed by atoms with Gasteiger partial charge in [0.1, 0.15) is 12.1 Å². The number of ether oxygens (including phenoxy) is 1. The minimum atomic E-state index is -4.75. The van der Waals surface area contributed by atoms with Crippen LogP contribution < -0.4 is 9.64 Å². The van der Waals surface area contributed by atoms with Crippen molar-refractivity contribution in [1.82, 2.24) is 14.8 Å².